The fraction of sp³-hybridized carbons (Fsp3) is 0.368. The third-order valence-electron chi connectivity index (χ3n) is 4.48. The third-order valence-corrected chi connectivity index (χ3v) is 4.48. The van der Waals surface area contributed by atoms with Gasteiger partial charge in [0, 0.05) is 49.5 Å². The number of nitrogens with zero attached hydrogens (tertiary/aromatic N) is 5. The summed E-state index contributed by atoms with van der Waals surface area (Å²) in [4.78, 5) is 12.9. The average Bonchev–Trinajstić information content (AvgIpc) is 3.12. The molecule has 0 saturated carbocycles. The highest BCUT2D eigenvalue weighted by atomic mass is 16.5. The smallest absolute Gasteiger partial charge is 0.237 e. The maximum Gasteiger partial charge on any atom is 0.237 e. The van der Waals surface area contributed by atoms with Crippen molar-refractivity contribution in [1.29, 1.82) is 0 Å². The van der Waals surface area contributed by atoms with Crippen LogP contribution >= 0.6 is 0 Å². The highest BCUT2D eigenvalue weighted by Gasteiger charge is 2.20. The molecule has 140 valence electrons. The summed E-state index contributed by atoms with van der Waals surface area (Å²) >= 11 is 0. The lowest BCUT2D eigenvalue weighted by atomic mass is 10.1. The molecule has 0 radical (unpaired) electrons. The second-order valence-electron chi connectivity index (χ2n) is 6.69. The van der Waals surface area contributed by atoms with Gasteiger partial charge in [-0.15, -0.1) is 0 Å². The molecule has 3 aromatic heterocycles. The Hall–Kier alpha value is -3.00. The topological polar surface area (TPSA) is 89.8 Å². The zero-order valence-corrected chi connectivity index (χ0v) is 15.5. The quantitative estimate of drug-likeness (QED) is 0.641. The summed E-state index contributed by atoms with van der Waals surface area (Å²) in [5.74, 6) is 1.44. The standard InChI is InChI=1S/C19H23N7O/c1-13-21-6-14(7-22-13)3-4-20-10-17-11-23-18-5-15(8-24-19(18)27-17)16-9-25-26(2)12-16/h5-9,12,17,20,23H,3-4,10-11H2,1-2H3. The minimum absolute atomic E-state index is 0.0449. The van der Waals surface area contributed by atoms with Crippen LogP contribution in [0, 0.1) is 6.92 Å². The Morgan fingerprint density at radius 1 is 1.19 bits per heavy atom. The van der Waals surface area contributed by atoms with Crippen molar-refractivity contribution >= 4 is 5.69 Å². The lowest BCUT2D eigenvalue weighted by molar-refractivity contribution is 0.194. The first-order chi connectivity index (χ1) is 13.2. The number of hydrogen-bond donors (Lipinski definition) is 2. The van der Waals surface area contributed by atoms with E-state index in [4.69, 9.17) is 4.74 Å². The van der Waals surface area contributed by atoms with Gasteiger partial charge in [-0.05, 0) is 31.5 Å². The molecule has 0 amide bonds. The summed E-state index contributed by atoms with van der Waals surface area (Å²) in [5, 5.41) is 11.1. The molecule has 0 saturated heterocycles. The van der Waals surface area contributed by atoms with E-state index in [9.17, 15) is 0 Å². The molecule has 0 bridgehead atoms. The summed E-state index contributed by atoms with van der Waals surface area (Å²) in [6, 6.07) is 2.06. The second-order valence-corrected chi connectivity index (χ2v) is 6.69. The van der Waals surface area contributed by atoms with E-state index in [0.717, 1.165) is 54.3 Å². The zero-order valence-electron chi connectivity index (χ0n) is 15.5. The molecule has 0 aromatic carbocycles. The van der Waals surface area contributed by atoms with Gasteiger partial charge in [0.1, 0.15) is 11.9 Å². The van der Waals surface area contributed by atoms with Crippen LogP contribution in [0.3, 0.4) is 0 Å². The zero-order chi connectivity index (χ0) is 18.6. The number of anilines is 1. The summed E-state index contributed by atoms with van der Waals surface area (Å²) in [5.41, 5.74) is 4.11. The molecule has 3 aromatic rings. The lowest BCUT2D eigenvalue weighted by Gasteiger charge is -2.27. The fourth-order valence-electron chi connectivity index (χ4n) is 2.98. The van der Waals surface area contributed by atoms with Crippen molar-refractivity contribution in [2.75, 3.05) is 25.0 Å². The maximum absolute atomic E-state index is 6.01. The van der Waals surface area contributed by atoms with Gasteiger partial charge in [0.2, 0.25) is 5.88 Å². The Morgan fingerprint density at radius 3 is 2.81 bits per heavy atom. The highest BCUT2D eigenvalue weighted by Crippen LogP contribution is 2.30. The van der Waals surface area contributed by atoms with Crippen LogP contribution in [0.2, 0.25) is 0 Å². The summed E-state index contributed by atoms with van der Waals surface area (Å²) < 4.78 is 7.80. The molecule has 2 N–H and O–H groups in total. The molecule has 8 nitrogen and oxygen atoms in total. The molecule has 1 atom stereocenters. The molecular weight excluding hydrogens is 342 g/mol. The minimum Gasteiger partial charge on any atom is -0.470 e. The van der Waals surface area contributed by atoms with Gasteiger partial charge >= 0.3 is 0 Å². The molecule has 4 heterocycles. The number of aromatic nitrogens is 5. The first-order valence-electron chi connectivity index (χ1n) is 9.05. The lowest BCUT2D eigenvalue weighted by Crippen LogP contribution is -2.40. The van der Waals surface area contributed by atoms with Crippen LogP contribution in [-0.4, -0.2) is 50.5 Å². The van der Waals surface area contributed by atoms with Crippen molar-refractivity contribution in [2.45, 2.75) is 19.4 Å². The van der Waals surface area contributed by atoms with E-state index in [1.54, 1.807) is 4.68 Å². The molecule has 1 aliphatic rings. The van der Waals surface area contributed by atoms with E-state index < -0.39 is 0 Å². The molecule has 0 aliphatic carbocycles. The Balaban J connectivity index is 1.29. The normalized spacial score (nSPS) is 15.7. The van der Waals surface area contributed by atoms with Crippen molar-refractivity contribution in [1.82, 2.24) is 30.0 Å². The van der Waals surface area contributed by atoms with Crippen LogP contribution in [0.25, 0.3) is 11.1 Å². The van der Waals surface area contributed by atoms with E-state index in [1.807, 2.05) is 45.0 Å². The van der Waals surface area contributed by atoms with Gasteiger partial charge in [0.15, 0.2) is 0 Å². The second kappa shape index (κ2) is 7.71. The Labute approximate surface area is 158 Å². The van der Waals surface area contributed by atoms with Gasteiger partial charge in [0.25, 0.3) is 0 Å². The number of ether oxygens (including phenoxy) is 1. The Kier molecular flexibility index (Phi) is 4.97. The summed E-state index contributed by atoms with van der Waals surface area (Å²) in [6.07, 6.45) is 10.3. The predicted octanol–water partition coefficient (Wildman–Crippen LogP) is 1.59. The molecule has 0 fully saturated rings. The fourth-order valence-corrected chi connectivity index (χ4v) is 2.98. The van der Waals surface area contributed by atoms with E-state index in [2.05, 4.69) is 36.8 Å². The molecule has 1 aliphatic heterocycles. The van der Waals surface area contributed by atoms with E-state index >= 15 is 0 Å². The number of hydrogen-bond acceptors (Lipinski definition) is 7. The van der Waals surface area contributed by atoms with Crippen molar-refractivity contribution in [3.63, 3.8) is 0 Å². The average molecular weight is 365 g/mol. The van der Waals surface area contributed by atoms with Gasteiger partial charge in [-0.3, -0.25) is 4.68 Å². The number of pyridine rings is 1. The first kappa shape index (κ1) is 17.4. The van der Waals surface area contributed by atoms with Gasteiger partial charge in [-0.1, -0.05) is 0 Å². The monoisotopic (exact) mass is 365 g/mol. The van der Waals surface area contributed by atoms with Crippen molar-refractivity contribution < 1.29 is 4.74 Å². The molecule has 27 heavy (non-hydrogen) atoms. The van der Waals surface area contributed by atoms with Crippen molar-refractivity contribution in [2.24, 2.45) is 7.05 Å². The van der Waals surface area contributed by atoms with Gasteiger partial charge in [-0.2, -0.15) is 5.10 Å². The molecule has 8 heteroatoms. The van der Waals surface area contributed by atoms with Gasteiger partial charge < -0.3 is 15.4 Å². The van der Waals surface area contributed by atoms with Gasteiger partial charge in [-0.25, -0.2) is 15.0 Å². The van der Waals surface area contributed by atoms with E-state index in [0.29, 0.717) is 5.88 Å². The Bertz CT molecular complexity index is 907. The number of nitrogens with one attached hydrogen (secondary N) is 2. The van der Waals surface area contributed by atoms with Crippen LogP contribution in [-0.2, 0) is 13.5 Å². The predicted molar refractivity (Wildman–Crippen MR) is 103 cm³/mol. The number of rotatable bonds is 6. The first-order valence-corrected chi connectivity index (χ1v) is 9.05. The Morgan fingerprint density at radius 2 is 2.04 bits per heavy atom. The van der Waals surface area contributed by atoms with Crippen molar-refractivity contribution in [3.05, 3.63) is 48.4 Å². The van der Waals surface area contributed by atoms with Crippen LogP contribution in [0.15, 0.2) is 37.1 Å². The van der Waals surface area contributed by atoms with Crippen LogP contribution in [0.4, 0.5) is 5.69 Å². The molecule has 1 unspecified atom stereocenters. The van der Waals surface area contributed by atoms with Gasteiger partial charge in [0.05, 0.1) is 18.4 Å². The van der Waals surface area contributed by atoms with Crippen LogP contribution < -0.4 is 15.4 Å². The molecule has 0 spiro atoms. The number of fused-ring (bicyclic) bond motifs is 1. The van der Waals surface area contributed by atoms with E-state index in [1.165, 1.54) is 0 Å². The van der Waals surface area contributed by atoms with Crippen LogP contribution in [0.5, 0.6) is 5.88 Å². The minimum atomic E-state index is 0.0449. The third kappa shape index (κ3) is 4.22. The maximum atomic E-state index is 6.01. The SMILES string of the molecule is Cc1ncc(CCNCC2CNc3cc(-c4cnn(C)c4)cnc3O2)cn1. The summed E-state index contributed by atoms with van der Waals surface area (Å²) in [7, 11) is 1.90. The van der Waals surface area contributed by atoms with Crippen LogP contribution in [0.1, 0.15) is 11.4 Å². The molecule has 4 rings (SSSR count). The summed E-state index contributed by atoms with van der Waals surface area (Å²) in [6.45, 7) is 4.24. The molecular formula is C19H23N7O. The highest BCUT2D eigenvalue weighted by molar-refractivity contribution is 5.69. The largest absolute Gasteiger partial charge is 0.470 e. The van der Waals surface area contributed by atoms with Crippen molar-refractivity contribution in [3.8, 4) is 17.0 Å². The number of aryl methyl sites for hydroxylation is 2. The van der Waals surface area contributed by atoms with E-state index in [-0.39, 0.29) is 6.10 Å².